The second-order valence-electron chi connectivity index (χ2n) is 8.86. The number of carbonyl (C=O) groups excluding carboxylic acids is 2. The molecule has 1 atom stereocenters. The van der Waals surface area contributed by atoms with E-state index in [0.717, 1.165) is 17.7 Å². The van der Waals surface area contributed by atoms with Gasteiger partial charge in [0.25, 0.3) is 0 Å². The summed E-state index contributed by atoms with van der Waals surface area (Å²) in [6.45, 7) is 8.03. The van der Waals surface area contributed by atoms with Gasteiger partial charge in [0.15, 0.2) is 5.78 Å². The lowest BCUT2D eigenvalue weighted by atomic mass is 9.69. The van der Waals surface area contributed by atoms with Crippen molar-refractivity contribution in [2.45, 2.75) is 46.5 Å². The van der Waals surface area contributed by atoms with Crippen LogP contribution >= 0.6 is 11.6 Å². The van der Waals surface area contributed by atoms with Crippen LogP contribution in [0.4, 0.5) is 0 Å². The largest absolute Gasteiger partial charge is 0.463 e. The number of esters is 1. The first-order chi connectivity index (χ1) is 14.7. The first kappa shape index (κ1) is 21.4. The fourth-order valence-electron chi connectivity index (χ4n) is 4.48. The number of benzene rings is 1. The highest BCUT2D eigenvalue weighted by Crippen LogP contribution is 2.47. The Bertz CT molecular complexity index is 1100. The van der Waals surface area contributed by atoms with E-state index in [0.29, 0.717) is 39.8 Å². The average molecular weight is 440 g/mol. The number of dihydropyridines is 1. The molecule has 2 aliphatic rings. The second kappa shape index (κ2) is 8.04. The van der Waals surface area contributed by atoms with Crippen LogP contribution in [0.5, 0.6) is 0 Å². The molecule has 2 heterocycles. The van der Waals surface area contributed by atoms with Crippen molar-refractivity contribution in [3.05, 3.63) is 69.7 Å². The van der Waals surface area contributed by atoms with E-state index in [4.69, 9.17) is 20.8 Å². The van der Waals surface area contributed by atoms with E-state index < -0.39 is 11.9 Å². The molecule has 6 heteroatoms. The summed E-state index contributed by atoms with van der Waals surface area (Å²) in [6.07, 6.45) is 1.15. The fraction of sp³-hybridized carbons (Fsp3) is 0.360. The van der Waals surface area contributed by atoms with Crippen LogP contribution in [0.3, 0.4) is 0 Å². The maximum Gasteiger partial charge on any atom is 0.336 e. The Balaban J connectivity index is 1.83. The van der Waals surface area contributed by atoms with Gasteiger partial charge in [-0.15, -0.1) is 0 Å². The summed E-state index contributed by atoms with van der Waals surface area (Å²) in [6, 6.07) is 11.0. The highest BCUT2D eigenvalue weighted by molar-refractivity contribution is 6.30. The minimum absolute atomic E-state index is 0.0301. The summed E-state index contributed by atoms with van der Waals surface area (Å²) in [5.74, 6) is 0.194. The number of nitrogens with one attached hydrogen (secondary N) is 1. The molecule has 1 unspecified atom stereocenters. The quantitative estimate of drug-likeness (QED) is 0.612. The van der Waals surface area contributed by atoms with E-state index >= 15 is 0 Å². The van der Waals surface area contributed by atoms with Gasteiger partial charge in [-0.1, -0.05) is 25.4 Å². The van der Waals surface area contributed by atoms with Crippen molar-refractivity contribution in [2.75, 3.05) is 6.61 Å². The number of Topliss-reactive ketones (excluding diaryl/α,β-unsaturated/α-hetero) is 1. The molecule has 4 rings (SSSR count). The summed E-state index contributed by atoms with van der Waals surface area (Å²) in [5, 5.41) is 3.96. The van der Waals surface area contributed by atoms with Gasteiger partial charge >= 0.3 is 5.97 Å². The first-order valence-corrected chi connectivity index (χ1v) is 10.8. The highest BCUT2D eigenvalue weighted by atomic mass is 35.5. The van der Waals surface area contributed by atoms with Gasteiger partial charge in [0.05, 0.1) is 18.1 Å². The van der Waals surface area contributed by atoms with Crippen molar-refractivity contribution < 1.29 is 18.7 Å². The van der Waals surface area contributed by atoms with Crippen molar-refractivity contribution >= 4 is 23.4 Å². The van der Waals surface area contributed by atoms with Gasteiger partial charge in [0.1, 0.15) is 11.5 Å². The zero-order chi connectivity index (χ0) is 22.3. The molecule has 2 aromatic rings. The summed E-state index contributed by atoms with van der Waals surface area (Å²) < 4.78 is 11.5. The maximum atomic E-state index is 13.2. The fourth-order valence-corrected chi connectivity index (χ4v) is 4.60. The molecule has 1 N–H and O–H groups in total. The van der Waals surface area contributed by atoms with Crippen molar-refractivity contribution in [3.63, 3.8) is 0 Å². The Labute approximate surface area is 187 Å². The van der Waals surface area contributed by atoms with E-state index in [-0.39, 0.29) is 17.8 Å². The molecule has 0 saturated heterocycles. The molecule has 1 aliphatic carbocycles. The Hall–Kier alpha value is -2.79. The number of allylic oxidation sites excluding steroid dienone is 3. The Morgan fingerprint density at radius 2 is 1.90 bits per heavy atom. The van der Waals surface area contributed by atoms with Crippen LogP contribution in [-0.4, -0.2) is 18.4 Å². The minimum atomic E-state index is -0.597. The molecule has 5 nitrogen and oxygen atoms in total. The zero-order valence-electron chi connectivity index (χ0n) is 18.2. The lowest BCUT2D eigenvalue weighted by molar-refractivity contribution is -0.138. The van der Waals surface area contributed by atoms with Gasteiger partial charge in [-0.25, -0.2) is 4.79 Å². The molecule has 162 valence electrons. The summed E-state index contributed by atoms with van der Waals surface area (Å²) >= 11 is 6.00. The molecule has 31 heavy (non-hydrogen) atoms. The third kappa shape index (κ3) is 4.07. The predicted octanol–water partition coefficient (Wildman–Crippen LogP) is 5.77. The highest BCUT2D eigenvalue weighted by Gasteiger charge is 2.44. The lowest BCUT2D eigenvalue weighted by Crippen LogP contribution is -2.38. The molecular formula is C25H26ClNO4. The standard InChI is InChI=1S/C25H26ClNO4/c1-5-30-24(29)21-14(2)27-17-12-25(3,4)13-18(28)22(17)23(21)20-11-10-19(31-20)15-6-8-16(26)9-7-15/h6-11,23,27H,5,12-13H2,1-4H3. The van der Waals surface area contributed by atoms with Crippen molar-refractivity contribution in [1.82, 2.24) is 5.32 Å². The van der Waals surface area contributed by atoms with Crippen LogP contribution in [-0.2, 0) is 14.3 Å². The molecule has 0 bridgehead atoms. The molecule has 0 radical (unpaired) electrons. The Morgan fingerprint density at radius 3 is 2.58 bits per heavy atom. The molecule has 0 amide bonds. The third-order valence-corrected chi connectivity index (χ3v) is 6.03. The number of hydrogen-bond acceptors (Lipinski definition) is 5. The van der Waals surface area contributed by atoms with Crippen LogP contribution < -0.4 is 5.32 Å². The van der Waals surface area contributed by atoms with Gasteiger partial charge in [-0.3, -0.25) is 4.79 Å². The number of ketones is 1. The maximum absolute atomic E-state index is 13.2. The average Bonchev–Trinajstić information content (AvgIpc) is 3.16. The lowest BCUT2D eigenvalue weighted by Gasteiger charge is -2.38. The van der Waals surface area contributed by atoms with Crippen LogP contribution in [0, 0.1) is 5.41 Å². The van der Waals surface area contributed by atoms with E-state index in [1.807, 2.05) is 31.2 Å². The minimum Gasteiger partial charge on any atom is -0.463 e. The number of halogens is 1. The van der Waals surface area contributed by atoms with Gasteiger partial charge in [-0.2, -0.15) is 0 Å². The third-order valence-electron chi connectivity index (χ3n) is 5.78. The summed E-state index contributed by atoms with van der Waals surface area (Å²) in [4.78, 5) is 26.2. The summed E-state index contributed by atoms with van der Waals surface area (Å²) in [5.41, 5.74) is 3.30. The molecule has 1 aromatic heterocycles. The smallest absolute Gasteiger partial charge is 0.336 e. The van der Waals surface area contributed by atoms with Crippen LogP contribution in [0.15, 0.2) is 63.4 Å². The Morgan fingerprint density at radius 1 is 1.19 bits per heavy atom. The van der Waals surface area contributed by atoms with E-state index in [2.05, 4.69) is 19.2 Å². The molecule has 0 saturated carbocycles. The molecular weight excluding hydrogens is 414 g/mol. The summed E-state index contributed by atoms with van der Waals surface area (Å²) in [7, 11) is 0. The Kier molecular flexibility index (Phi) is 5.56. The van der Waals surface area contributed by atoms with Crippen molar-refractivity contribution in [2.24, 2.45) is 5.41 Å². The molecule has 0 fully saturated rings. The number of carbonyl (C=O) groups is 2. The monoisotopic (exact) mass is 439 g/mol. The van der Waals surface area contributed by atoms with Crippen LogP contribution in [0.1, 0.15) is 52.2 Å². The van der Waals surface area contributed by atoms with Gasteiger partial charge in [0.2, 0.25) is 0 Å². The number of furan rings is 1. The zero-order valence-corrected chi connectivity index (χ0v) is 18.9. The van der Waals surface area contributed by atoms with E-state index in [1.165, 1.54) is 0 Å². The van der Waals surface area contributed by atoms with Gasteiger partial charge < -0.3 is 14.5 Å². The molecule has 1 aromatic carbocycles. The molecule has 0 spiro atoms. The molecule has 1 aliphatic heterocycles. The topological polar surface area (TPSA) is 68.5 Å². The first-order valence-electron chi connectivity index (χ1n) is 10.5. The predicted molar refractivity (Wildman–Crippen MR) is 119 cm³/mol. The number of hydrogen-bond donors (Lipinski definition) is 1. The number of ether oxygens (including phenoxy) is 1. The van der Waals surface area contributed by atoms with Gasteiger partial charge in [-0.05, 0) is 62.1 Å². The van der Waals surface area contributed by atoms with Gasteiger partial charge in [0, 0.05) is 34.0 Å². The van der Waals surface area contributed by atoms with E-state index in [9.17, 15) is 9.59 Å². The van der Waals surface area contributed by atoms with Crippen molar-refractivity contribution in [3.8, 4) is 11.3 Å². The van der Waals surface area contributed by atoms with Crippen LogP contribution in [0.2, 0.25) is 5.02 Å². The van der Waals surface area contributed by atoms with Crippen LogP contribution in [0.25, 0.3) is 11.3 Å². The normalized spacial score (nSPS) is 20.4. The number of rotatable bonds is 4. The SMILES string of the molecule is CCOC(=O)C1=C(C)NC2=C(C(=O)CC(C)(C)C2)C1c1ccc(-c2ccc(Cl)cc2)o1. The van der Waals surface area contributed by atoms with E-state index in [1.54, 1.807) is 19.1 Å². The second-order valence-corrected chi connectivity index (χ2v) is 9.30. The van der Waals surface area contributed by atoms with Crippen molar-refractivity contribution in [1.29, 1.82) is 0 Å².